The molecule has 0 amide bonds. The second-order valence-corrected chi connectivity index (χ2v) is 12.2. The highest BCUT2D eigenvalue weighted by molar-refractivity contribution is 5.70. The van der Waals surface area contributed by atoms with Gasteiger partial charge in [0.15, 0.2) is 6.10 Å². The van der Waals surface area contributed by atoms with Crippen LogP contribution < -0.4 is 0 Å². The highest BCUT2D eigenvalue weighted by atomic mass is 16.6. The molecule has 1 atom stereocenters. The summed E-state index contributed by atoms with van der Waals surface area (Å²) in [7, 11) is 0. The van der Waals surface area contributed by atoms with Gasteiger partial charge in [0, 0.05) is 12.8 Å². The summed E-state index contributed by atoms with van der Waals surface area (Å²) in [6, 6.07) is 0. The second kappa shape index (κ2) is 40.0. The zero-order chi connectivity index (χ0) is 36.4. The third-order valence-corrected chi connectivity index (χ3v) is 7.56. The summed E-state index contributed by atoms with van der Waals surface area (Å²) in [6.45, 7) is 3.83. The second-order valence-electron chi connectivity index (χ2n) is 12.2. The summed E-state index contributed by atoms with van der Waals surface area (Å²) < 4.78 is 10.6. The van der Waals surface area contributed by atoms with Crippen molar-refractivity contribution in [2.24, 2.45) is 0 Å². The summed E-state index contributed by atoms with van der Waals surface area (Å²) in [5.41, 5.74) is 0. The van der Waals surface area contributed by atoms with Gasteiger partial charge >= 0.3 is 11.9 Å². The Morgan fingerprint density at radius 1 is 0.460 bits per heavy atom. The maximum Gasteiger partial charge on any atom is 0.306 e. The van der Waals surface area contributed by atoms with Gasteiger partial charge in [0.2, 0.25) is 0 Å². The van der Waals surface area contributed by atoms with Crippen LogP contribution in [-0.4, -0.2) is 36.4 Å². The van der Waals surface area contributed by atoms with E-state index in [4.69, 9.17) is 9.47 Å². The van der Waals surface area contributed by atoms with E-state index in [1.54, 1.807) is 0 Å². The third kappa shape index (κ3) is 37.4. The van der Waals surface area contributed by atoms with E-state index in [0.29, 0.717) is 12.8 Å². The van der Waals surface area contributed by atoms with Crippen LogP contribution in [0, 0.1) is 0 Å². The molecule has 0 aliphatic heterocycles. The third-order valence-electron chi connectivity index (χ3n) is 7.56. The molecule has 0 saturated carbocycles. The number of carbonyl (C=O) groups excluding carboxylic acids is 2. The predicted octanol–water partition coefficient (Wildman–Crippen LogP) is 12.3. The molecule has 0 aromatic heterocycles. The topological polar surface area (TPSA) is 72.8 Å². The SMILES string of the molecule is CCC=CCC=CCC=CCC=CCC=CCCCCCC(=O)OCC(CO)OC(=O)CCCCCCC=CCC=CCC=CCC=CCC. The first-order valence-corrected chi connectivity index (χ1v) is 19.4. The monoisotopic (exact) mass is 691 g/mol. The number of carbonyl (C=O) groups is 2. The van der Waals surface area contributed by atoms with Gasteiger partial charge < -0.3 is 14.6 Å². The minimum atomic E-state index is -0.806. The molecule has 0 aliphatic carbocycles. The summed E-state index contributed by atoms with van der Waals surface area (Å²) in [5.74, 6) is -0.670. The van der Waals surface area contributed by atoms with Crippen molar-refractivity contribution < 1.29 is 24.2 Å². The maximum absolute atomic E-state index is 12.2. The quantitative estimate of drug-likeness (QED) is 0.0421. The van der Waals surface area contributed by atoms with E-state index >= 15 is 0 Å². The highest BCUT2D eigenvalue weighted by Gasteiger charge is 2.16. The van der Waals surface area contributed by atoms with Crippen molar-refractivity contribution in [3.05, 3.63) is 109 Å². The van der Waals surface area contributed by atoms with E-state index in [0.717, 1.165) is 116 Å². The summed E-state index contributed by atoms with van der Waals surface area (Å²) in [4.78, 5) is 24.3. The number of hydrogen-bond donors (Lipinski definition) is 1. The largest absolute Gasteiger partial charge is 0.462 e. The fourth-order valence-electron chi connectivity index (χ4n) is 4.69. The van der Waals surface area contributed by atoms with Gasteiger partial charge in [-0.1, -0.05) is 142 Å². The molecule has 0 bridgehead atoms. The van der Waals surface area contributed by atoms with Gasteiger partial charge in [-0.15, -0.1) is 0 Å². The van der Waals surface area contributed by atoms with Gasteiger partial charge in [0.1, 0.15) is 6.61 Å². The van der Waals surface area contributed by atoms with Crippen LogP contribution in [0.5, 0.6) is 0 Å². The van der Waals surface area contributed by atoms with Crippen LogP contribution in [0.15, 0.2) is 109 Å². The number of hydrogen-bond acceptors (Lipinski definition) is 5. The number of esters is 2. The molecule has 50 heavy (non-hydrogen) atoms. The van der Waals surface area contributed by atoms with Gasteiger partial charge in [0.05, 0.1) is 6.61 Å². The van der Waals surface area contributed by atoms with Crippen molar-refractivity contribution >= 4 is 11.9 Å². The van der Waals surface area contributed by atoms with Crippen molar-refractivity contribution in [3.8, 4) is 0 Å². The molecular weight excluding hydrogens is 620 g/mol. The molecule has 0 aliphatic rings. The number of rotatable bonds is 33. The lowest BCUT2D eigenvalue weighted by Gasteiger charge is -2.15. The lowest BCUT2D eigenvalue weighted by molar-refractivity contribution is -0.161. The minimum Gasteiger partial charge on any atom is -0.462 e. The lowest BCUT2D eigenvalue weighted by Crippen LogP contribution is -2.28. The van der Waals surface area contributed by atoms with E-state index in [1.165, 1.54) is 0 Å². The number of allylic oxidation sites excluding steroid dienone is 18. The zero-order valence-corrected chi connectivity index (χ0v) is 31.6. The van der Waals surface area contributed by atoms with Gasteiger partial charge in [-0.3, -0.25) is 9.59 Å². The zero-order valence-electron chi connectivity index (χ0n) is 31.6. The Bertz CT molecular complexity index is 1050. The van der Waals surface area contributed by atoms with E-state index in [2.05, 4.69) is 123 Å². The average Bonchev–Trinajstić information content (AvgIpc) is 3.12. The average molecular weight is 691 g/mol. The molecule has 0 heterocycles. The Morgan fingerprint density at radius 3 is 1.20 bits per heavy atom. The number of aliphatic hydroxyl groups is 1. The van der Waals surface area contributed by atoms with E-state index in [1.807, 2.05) is 0 Å². The van der Waals surface area contributed by atoms with Crippen molar-refractivity contribution in [2.75, 3.05) is 13.2 Å². The number of aliphatic hydroxyl groups excluding tert-OH is 1. The van der Waals surface area contributed by atoms with Crippen LogP contribution in [0.25, 0.3) is 0 Å². The number of ether oxygens (including phenoxy) is 2. The van der Waals surface area contributed by atoms with Crippen LogP contribution in [-0.2, 0) is 19.1 Å². The first-order valence-electron chi connectivity index (χ1n) is 19.4. The Labute approximate surface area is 306 Å². The summed E-state index contributed by atoms with van der Waals surface area (Å²) >= 11 is 0. The first kappa shape index (κ1) is 46.6. The Morgan fingerprint density at radius 2 is 0.800 bits per heavy atom. The molecular formula is C45H70O5. The Kier molecular flexibility index (Phi) is 37.2. The molecule has 5 heteroatoms. The van der Waals surface area contributed by atoms with Crippen LogP contribution >= 0.6 is 0 Å². The lowest BCUT2D eigenvalue weighted by atomic mass is 10.1. The summed E-state index contributed by atoms with van der Waals surface area (Å²) in [5, 5.41) is 9.55. The van der Waals surface area contributed by atoms with E-state index < -0.39 is 6.10 Å². The Hall–Kier alpha value is -3.44. The van der Waals surface area contributed by atoms with Crippen LogP contribution in [0.3, 0.4) is 0 Å². The normalized spacial score (nSPS) is 13.4. The van der Waals surface area contributed by atoms with Gasteiger partial charge in [-0.2, -0.15) is 0 Å². The van der Waals surface area contributed by atoms with Crippen molar-refractivity contribution in [1.29, 1.82) is 0 Å². The first-order chi connectivity index (χ1) is 24.6. The van der Waals surface area contributed by atoms with Gasteiger partial charge in [-0.25, -0.2) is 0 Å². The molecule has 280 valence electrons. The Balaban J connectivity index is 3.73. The number of unbranched alkanes of at least 4 members (excludes halogenated alkanes) is 7. The molecule has 1 N–H and O–H groups in total. The molecule has 5 nitrogen and oxygen atoms in total. The predicted molar refractivity (Wildman–Crippen MR) is 214 cm³/mol. The van der Waals surface area contributed by atoms with Crippen LogP contribution in [0.1, 0.15) is 142 Å². The van der Waals surface area contributed by atoms with Crippen molar-refractivity contribution in [2.45, 2.75) is 148 Å². The van der Waals surface area contributed by atoms with Crippen molar-refractivity contribution in [1.82, 2.24) is 0 Å². The van der Waals surface area contributed by atoms with Crippen LogP contribution in [0.2, 0.25) is 0 Å². The molecule has 0 spiro atoms. The molecule has 0 aromatic rings. The smallest absolute Gasteiger partial charge is 0.306 e. The van der Waals surface area contributed by atoms with E-state index in [9.17, 15) is 14.7 Å². The standard InChI is InChI=1S/C45H70O5/c1-3-5-7-9-11-13-15-17-19-21-22-24-25-27-29-31-33-35-37-39-44(47)49-42-43(41-46)50-45(48)40-38-36-34-32-30-28-26-23-20-18-16-14-12-10-8-6-4-2/h5-8,11-14,17-20,22,24,26-29,43,46H,3-4,9-10,15-16,21,23,25,30-42H2,1-2H3. The maximum atomic E-state index is 12.2. The minimum absolute atomic E-state index is 0.101. The molecule has 0 saturated heterocycles. The molecule has 0 rings (SSSR count). The van der Waals surface area contributed by atoms with E-state index in [-0.39, 0.29) is 25.2 Å². The summed E-state index contributed by atoms with van der Waals surface area (Å²) in [6.07, 6.45) is 57.1. The van der Waals surface area contributed by atoms with Gasteiger partial charge in [-0.05, 0) is 96.3 Å². The van der Waals surface area contributed by atoms with Crippen molar-refractivity contribution in [3.63, 3.8) is 0 Å². The molecule has 1 unspecified atom stereocenters. The van der Waals surface area contributed by atoms with Gasteiger partial charge in [0.25, 0.3) is 0 Å². The van der Waals surface area contributed by atoms with Crippen LogP contribution in [0.4, 0.5) is 0 Å². The fourth-order valence-corrected chi connectivity index (χ4v) is 4.69. The highest BCUT2D eigenvalue weighted by Crippen LogP contribution is 2.09. The fraction of sp³-hybridized carbons (Fsp3) is 0.556. The molecule has 0 fully saturated rings. The molecule has 0 radical (unpaired) electrons. The molecule has 0 aromatic carbocycles.